The van der Waals surface area contributed by atoms with E-state index in [1.165, 1.54) is 11.3 Å². The molecule has 0 spiro atoms. The zero-order valence-electron chi connectivity index (χ0n) is 11.1. The smallest absolute Gasteiger partial charge is 0.136 e. The summed E-state index contributed by atoms with van der Waals surface area (Å²) in [5.41, 5.74) is 2.36. The Labute approximate surface area is 108 Å². The fourth-order valence-electron chi connectivity index (χ4n) is 2.72. The minimum atomic E-state index is -0.0990. The van der Waals surface area contributed by atoms with Gasteiger partial charge in [0.1, 0.15) is 12.1 Å². The Morgan fingerprint density at radius 2 is 2.28 bits per heavy atom. The lowest BCUT2D eigenvalue weighted by Gasteiger charge is -2.39. The lowest BCUT2D eigenvalue weighted by atomic mass is 10.0. The molecule has 2 aliphatic heterocycles. The average molecular weight is 248 g/mol. The minimum Gasteiger partial charge on any atom is -0.372 e. The Hall–Kier alpha value is -1.20. The highest BCUT2D eigenvalue weighted by Gasteiger charge is 2.30. The molecule has 0 bridgehead atoms. The summed E-state index contributed by atoms with van der Waals surface area (Å²) in [4.78, 5) is 11.2. The van der Waals surface area contributed by atoms with Crippen LogP contribution < -0.4 is 10.2 Å². The SMILES string of the molecule is CC1(C)CN(c2ncnc3c2CNCC3)CCO1. The zero-order chi connectivity index (χ0) is 12.6. The van der Waals surface area contributed by atoms with Crippen molar-refractivity contribution in [3.63, 3.8) is 0 Å². The fourth-order valence-corrected chi connectivity index (χ4v) is 2.72. The lowest BCUT2D eigenvalue weighted by Crippen LogP contribution is -2.49. The van der Waals surface area contributed by atoms with E-state index in [1.54, 1.807) is 6.33 Å². The standard InChI is InChI=1S/C13H20N4O/c1-13(2)8-17(5-6-18-13)12-10-7-14-4-3-11(10)15-9-16-12/h9,14H,3-8H2,1-2H3. The zero-order valence-corrected chi connectivity index (χ0v) is 11.1. The van der Waals surface area contributed by atoms with Gasteiger partial charge in [-0.2, -0.15) is 0 Å². The third-order valence-corrected chi connectivity index (χ3v) is 3.58. The van der Waals surface area contributed by atoms with Crippen LogP contribution in [-0.2, 0) is 17.7 Å². The van der Waals surface area contributed by atoms with E-state index in [0.29, 0.717) is 0 Å². The van der Waals surface area contributed by atoms with Crippen LogP contribution in [0.15, 0.2) is 6.33 Å². The van der Waals surface area contributed by atoms with Crippen molar-refractivity contribution in [1.29, 1.82) is 0 Å². The summed E-state index contributed by atoms with van der Waals surface area (Å²) in [7, 11) is 0. The first-order chi connectivity index (χ1) is 8.66. The molecular weight excluding hydrogens is 228 g/mol. The number of nitrogens with zero attached hydrogens (tertiary/aromatic N) is 3. The molecule has 5 heteroatoms. The van der Waals surface area contributed by atoms with Crippen molar-refractivity contribution in [3.05, 3.63) is 17.6 Å². The van der Waals surface area contributed by atoms with Gasteiger partial charge in [0.2, 0.25) is 0 Å². The van der Waals surface area contributed by atoms with E-state index in [4.69, 9.17) is 4.74 Å². The van der Waals surface area contributed by atoms with E-state index >= 15 is 0 Å². The minimum absolute atomic E-state index is 0.0990. The van der Waals surface area contributed by atoms with Crippen LogP contribution in [0.25, 0.3) is 0 Å². The predicted molar refractivity (Wildman–Crippen MR) is 69.7 cm³/mol. The summed E-state index contributed by atoms with van der Waals surface area (Å²) >= 11 is 0. The van der Waals surface area contributed by atoms with Crippen LogP contribution in [0.1, 0.15) is 25.1 Å². The number of morpholine rings is 1. The van der Waals surface area contributed by atoms with Gasteiger partial charge in [-0.3, -0.25) is 0 Å². The van der Waals surface area contributed by atoms with Crippen molar-refractivity contribution in [2.45, 2.75) is 32.4 Å². The Kier molecular flexibility index (Phi) is 2.95. The van der Waals surface area contributed by atoms with Crippen molar-refractivity contribution in [2.24, 2.45) is 0 Å². The molecule has 2 aliphatic rings. The molecule has 5 nitrogen and oxygen atoms in total. The van der Waals surface area contributed by atoms with Crippen molar-refractivity contribution < 1.29 is 4.74 Å². The quantitative estimate of drug-likeness (QED) is 0.794. The number of anilines is 1. The molecule has 18 heavy (non-hydrogen) atoms. The Balaban J connectivity index is 1.92. The molecule has 0 aliphatic carbocycles. The average Bonchev–Trinajstić information content (AvgIpc) is 2.37. The molecule has 1 aromatic heterocycles. The molecular formula is C13H20N4O. The second-order valence-electron chi connectivity index (χ2n) is 5.58. The number of nitrogens with one attached hydrogen (secondary N) is 1. The van der Waals surface area contributed by atoms with Gasteiger partial charge < -0.3 is 15.0 Å². The van der Waals surface area contributed by atoms with Gasteiger partial charge in [0.25, 0.3) is 0 Å². The van der Waals surface area contributed by atoms with Crippen LogP contribution in [-0.4, -0.2) is 41.8 Å². The normalized spacial score (nSPS) is 22.7. The largest absolute Gasteiger partial charge is 0.372 e. The lowest BCUT2D eigenvalue weighted by molar-refractivity contribution is -0.0279. The van der Waals surface area contributed by atoms with Crippen LogP contribution >= 0.6 is 0 Å². The summed E-state index contributed by atoms with van der Waals surface area (Å²) in [6.45, 7) is 8.71. The molecule has 3 rings (SSSR count). The van der Waals surface area contributed by atoms with E-state index in [2.05, 4.69) is 34.0 Å². The van der Waals surface area contributed by atoms with Gasteiger partial charge in [-0.15, -0.1) is 0 Å². The highest BCUT2D eigenvalue weighted by Crippen LogP contribution is 2.26. The molecule has 0 amide bonds. The van der Waals surface area contributed by atoms with Gasteiger partial charge in [0.05, 0.1) is 17.9 Å². The molecule has 0 unspecified atom stereocenters. The van der Waals surface area contributed by atoms with Crippen molar-refractivity contribution in [3.8, 4) is 0 Å². The number of rotatable bonds is 1. The first-order valence-electron chi connectivity index (χ1n) is 6.58. The molecule has 0 aromatic carbocycles. The van der Waals surface area contributed by atoms with E-state index in [9.17, 15) is 0 Å². The number of fused-ring (bicyclic) bond motifs is 1. The van der Waals surface area contributed by atoms with E-state index in [0.717, 1.165) is 45.0 Å². The Morgan fingerprint density at radius 1 is 1.39 bits per heavy atom. The van der Waals surface area contributed by atoms with E-state index < -0.39 is 0 Å². The molecule has 0 atom stereocenters. The number of hydrogen-bond donors (Lipinski definition) is 1. The van der Waals surface area contributed by atoms with E-state index in [1.807, 2.05) is 0 Å². The van der Waals surface area contributed by atoms with Gasteiger partial charge in [0, 0.05) is 38.2 Å². The molecule has 1 fully saturated rings. The molecule has 3 heterocycles. The molecule has 1 saturated heterocycles. The van der Waals surface area contributed by atoms with Crippen LogP contribution in [0, 0.1) is 0 Å². The summed E-state index contributed by atoms with van der Waals surface area (Å²) in [5, 5.41) is 3.40. The van der Waals surface area contributed by atoms with Gasteiger partial charge in [-0.25, -0.2) is 9.97 Å². The van der Waals surface area contributed by atoms with Crippen molar-refractivity contribution >= 4 is 5.82 Å². The molecule has 1 N–H and O–H groups in total. The van der Waals surface area contributed by atoms with Crippen molar-refractivity contribution in [2.75, 3.05) is 31.1 Å². The molecule has 0 saturated carbocycles. The first-order valence-corrected chi connectivity index (χ1v) is 6.58. The number of aromatic nitrogens is 2. The van der Waals surface area contributed by atoms with Crippen molar-refractivity contribution in [1.82, 2.24) is 15.3 Å². The third kappa shape index (κ3) is 2.20. The first kappa shape index (κ1) is 11.9. The third-order valence-electron chi connectivity index (χ3n) is 3.58. The Morgan fingerprint density at radius 3 is 3.11 bits per heavy atom. The van der Waals surface area contributed by atoms with Gasteiger partial charge in [-0.05, 0) is 13.8 Å². The predicted octanol–water partition coefficient (Wildman–Crippen LogP) is 0.737. The second kappa shape index (κ2) is 4.48. The maximum absolute atomic E-state index is 5.76. The summed E-state index contributed by atoms with van der Waals surface area (Å²) < 4.78 is 5.76. The van der Waals surface area contributed by atoms with Crippen LogP contribution in [0.5, 0.6) is 0 Å². The van der Waals surface area contributed by atoms with Crippen LogP contribution in [0.2, 0.25) is 0 Å². The molecule has 0 radical (unpaired) electrons. The van der Waals surface area contributed by atoms with Crippen LogP contribution in [0.3, 0.4) is 0 Å². The van der Waals surface area contributed by atoms with Gasteiger partial charge in [-0.1, -0.05) is 0 Å². The summed E-state index contributed by atoms with van der Waals surface area (Å²) in [6, 6.07) is 0. The maximum Gasteiger partial charge on any atom is 0.136 e. The Bertz CT molecular complexity index is 447. The summed E-state index contributed by atoms with van der Waals surface area (Å²) in [6.07, 6.45) is 2.69. The maximum atomic E-state index is 5.76. The van der Waals surface area contributed by atoms with E-state index in [-0.39, 0.29) is 5.60 Å². The monoisotopic (exact) mass is 248 g/mol. The van der Waals surface area contributed by atoms with Gasteiger partial charge >= 0.3 is 0 Å². The molecule has 98 valence electrons. The molecule has 1 aromatic rings. The fraction of sp³-hybridized carbons (Fsp3) is 0.692. The highest BCUT2D eigenvalue weighted by molar-refractivity contribution is 5.50. The second-order valence-corrected chi connectivity index (χ2v) is 5.58. The number of ether oxygens (including phenoxy) is 1. The van der Waals surface area contributed by atoms with Gasteiger partial charge in [0.15, 0.2) is 0 Å². The van der Waals surface area contributed by atoms with Crippen LogP contribution in [0.4, 0.5) is 5.82 Å². The topological polar surface area (TPSA) is 50.3 Å². The highest BCUT2D eigenvalue weighted by atomic mass is 16.5. The summed E-state index contributed by atoms with van der Waals surface area (Å²) in [5.74, 6) is 1.09. The number of hydrogen-bond acceptors (Lipinski definition) is 5.